The van der Waals surface area contributed by atoms with Crippen molar-refractivity contribution in [2.24, 2.45) is 0 Å². The first-order chi connectivity index (χ1) is 14.6. The Hall–Kier alpha value is -0.670. The van der Waals surface area contributed by atoms with Gasteiger partial charge in [0.15, 0.2) is 5.78 Å². The lowest BCUT2D eigenvalue weighted by atomic mass is 10.1. The molecular weight excluding hydrogens is 478 g/mol. The molecule has 0 heterocycles. The number of amides is 1. The molecule has 184 valence electrons. The van der Waals surface area contributed by atoms with Gasteiger partial charge in [0.2, 0.25) is 0 Å². The van der Waals surface area contributed by atoms with Crippen LogP contribution in [-0.2, 0) is 14.4 Å². The number of aliphatic carboxylic acids is 1. The van der Waals surface area contributed by atoms with E-state index < -0.39 is 24.1 Å². The molecule has 31 heavy (non-hydrogen) atoms. The van der Waals surface area contributed by atoms with Crippen molar-refractivity contribution in [2.45, 2.75) is 83.4 Å². The number of rotatable bonds is 17. The summed E-state index contributed by atoms with van der Waals surface area (Å²) in [5, 5.41) is 10.4. The van der Waals surface area contributed by atoms with Gasteiger partial charge in [-0.2, -0.15) is 24.9 Å². The topological polar surface area (TPSA) is 83.5 Å². The standard InChI is InChI=1S/C17H30F3NO3S.C3H4Cl2O/c1-2-3-4-5-6-7-8-9-10-11-12-25-13-14(15(22)23)21-16(24)17(18,19)20;4-1-3(6)2-5/h14H,2-13H2,1H3,(H,21,24)(H,22,23);1-2H2. The van der Waals surface area contributed by atoms with Gasteiger partial charge in [-0.1, -0.05) is 64.7 Å². The van der Waals surface area contributed by atoms with E-state index in [9.17, 15) is 27.6 Å². The largest absolute Gasteiger partial charge is 0.480 e. The zero-order valence-corrected chi connectivity index (χ0v) is 20.3. The summed E-state index contributed by atoms with van der Waals surface area (Å²) in [5.41, 5.74) is 0. The fourth-order valence-corrected chi connectivity index (χ4v) is 3.67. The summed E-state index contributed by atoms with van der Waals surface area (Å²) in [6, 6.07) is -1.51. The highest BCUT2D eigenvalue weighted by atomic mass is 35.5. The second-order valence-electron chi connectivity index (χ2n) is 6.92. The van der Waals surface area contributed by atoms with Gasteiger partial charge >= 0.3 is 18.1 Å². The van der Waals surface area contributed by atoms with Crippen molar-refractivity contribution < 1.29 is 32.7 Å². The van der Waals surface area contributed by atoms with Crippen LogP contribution in [0.1, 0.15) is 71.1 Å². The van der Waals surface area contributed by atoms with Crippen LogP contribution in [0.4, 0.5) is 13.2 Å². The van der Waals surface area contributed by atoms with Crippen LogP contribution in [0, 0.1) is 0 Å². The number of carboxylic acids is 1. The summed E-state index contributed by atoms with van der Waals surface area (Å²) in [4.78, 5) is 31.6. The fraction of sp³-hybridized carbons (Fsp3) is 0.850. The number of carbonyl (C=O) groups is 3. The number of Topliss-reactive ketones (excluding diaryl/α,β-unsaturated/α-hetero) is 1. The average molecular weight is 512 g/mol. The second kappa shape index (κ2) is 21.2. The Kier molecular flexibility index (Phi) is 22.2. The molecule has 0 saturated heterocycles. The lowest BCUT2D eigenvalue weighted by Crippen LogP contribution is -2.48. The number of halogens is 5. The minimum Gasteiger partial charge on any atom is -0.480 e. The molecule has 11 heteroatoms. The summed E-state index contributed by atoms with van der Waals surface area (Å²) >= 11 is 11.3. The summed E-state index contributed by atoms with van der Waals surface area (Å²) in [6.45, 7) is 2.20. The normalized spacial score (nSPS) is 11.9. The molecule has 0 radical (unpaired) electrons. The first kappa shape index (κ1) is 32.5. The van der Waals surface area contributed by atoms with Crippen LogP contribution in [-0.4, -0.2) is 58.3 Å². The number of hydrogen-bond donors (Lipinski definition) is 2. The van der Waals surface area contributed by atoms with Gasteiger partial charge in [0.05, 0.1) is 11.8 Å². The predicted molar refractivity (Wildman–Crippen MR) is 121 cm³/mol. The van der Waals surface area contributed by atoms with E-state index in [0.717, 1.165) is 19.3 Å². The quantitative estimate of drug-likeness (QED) is 0.190. The van der Waals surface area contributed by atoms with Crippen molar-refractivity contribution in [2.75, 3.05) is 23.3 Å². The predicted octanol–water partition coefficient (Wildman–Crippen LogP) is 5.81. The molecule has 1 atom stereocenters. The first-order valence-corrected chi connectivity index (χ1v) is 12.6. The van der Waals surface area contributed by atoms with Crippen LogP contribution >= 0.6 is 35.0 Å². The highest BCUT2D eigenvalue weighted by molar-refractivity contribution is 7.99. The van der Waals surface area contributed by atoms with E-state index in [1.165, 1.54) is 62.0 Å². The molecule has 0 bridgehead atoms. The lowest BCUT2D eigenvalue weighted by molar-refractivity contribution is -0.175. The SMILES string of the molecule is CCCCCCCCCCCCSCC(NC(=O)C(F)(F)F)C(=O)O.O=C(CCl)CCl. The Morgan fingerprint density at radius 2 is 1.35 bits per heavy atom. The third-order valence-electron chi connectivity index (χ3n) is 4.09. The maximum absolute atomic E-state index is 12.1. The van der Waals surface area contributed by atoms with Gasteiger partial charge in [-0.25, -0.2) is 4.79 Å². The van der Waals surface area contributed by atoms with Gasteiger partial charge in [-0.15, -0.1) is 23.2 Å². The van der Waals surface area contributed by atoms with Gasteiger partial charge in [0, 0.05) is 5.75 Å². The van der Waals surface area contributed by atoms with E-state index >= 15 is 0 Å². The highest BCUT2D eigenvalue weighted by Gasteiger charge is 2.40. The fourth-order valence-electron chi connectivity index (χ4n) is 2.34. The van der Waals surface area contributed by atoms with Crippen molar-refractivity contribution in [1.29, 1.82) is 0 Å². The third-order valence-corrected chi connectivity index (χ3v) is 5.83. The van der Waals surface area contributed by atoms with E-state index in [4.69, 9.17) is 28.3 Å². The molecule has 0 aromatic heterocycles. The molecular formula is C20H34Cl2F3NO4S. The Labute approximate surface area is 197 Å². The van der Waals surface area contributed by atoms with Crippen molar-refractivity contribution in [3.63, 3.8) is 0 Å². The van der Waals surface area contributed by atoms with E-state index in [-0.39, 0.29) is 23.3 Å². The van der Waals surface area contributed by atoms with Gasteiger partial charge in [-0.05, 0) is 12.2 Å². The number of unbranched alkanes of at least 4 members (excludes halogenated alkanes) is 9. The molecule has 2 N–H and O–H groups in total. The first-order valence-electron chi connectivity index (χ1n) is 10.4. The number of thioether (sulfide) groups is 1. The summed E-state index contributed by atoms with van der Waals surface area (Å²) in [5.74, 6) is -3.10. The average Bonchev–Trinajstić information content (AvgIpc) is 2.72. The smallest absolute Gasteiger partial charge is 0.471 e. The van der Waals surface area contributed by atoms with Crippen LogP contribution in [0.25, 0.3) is 0 Å². The van der Waals surface area contributed by atoms with Crippen LogP contribution in [0.5, 0.6) is 0 Å². The van der Waals surface area contributed by atoms with Gasteiger partial charge in [0.1, 0.15) is 6.04 Å². The number of carboxylic acid groups (broad SMARTS) is 1. The summed E-state index contributed by atoms with van der Waals surface area (Å²) in [6.07, 6.45) is 6.86. The Bertz CT molecular complexity index is 492. The molecule has 1 amide bonds. The van der Waals surface area contributed by atoms with E-state index in [1.54, 1.807) is 0 Å². The Morgan fingerprint density at radius 3 is 1.71 bits per heavy atom. The number of alkyl halides is 5. The van der Waals surface area contributed by atoms with E-state index in [0.29, 0.717) is 5.75 Å². The molecule has 0 aliphatic rings. The monoisotopic (exact) mass is 511 g/mol. The van der Waals surface area contributed by atoms with Crippen molar-refractivity contribution >= 4 is 52.6 Å². The van der Waals surface area contributed by atoms with Crippen LogP contribution in [0.3, 0.4) is 0 Å². The zero-order chi connectivity index (χ0) is 24.1. The molecule has 0 aromatic rings. The zero-order valence-electron chi connectivity index (χ0n) is 17.9. The van der Waals surface area contributed by atoms with Crippen LogP contribution in [0.2, 0.25) is 0 Å². The molecule has 5 nitrogen and oxygen atoms in total. The maximum atomic E-state index is 12.1. The molecule has 0 fully saturated rings. The van der Waals surface area contributed by atoms with Crippen molar-refractivity contribution in [3.05, 3.63) is 0 Å². The number of ketones is 1. The van der Waals surface area contributed by atoms with Gasteiger partial charge in [-0.3, -0.25) is 9.59 Å². The number of carbonyl (C=O) groups excluding carboxylic acids is 2. The van der Waals surface area contributed by atoms with E-state index in [2.05, 4.69) is 6.92 Å². The highest BCUT2D eigenvalue weighted by Crippen LogP contribution is 2.16. The molecule has 0 saturated carbocycles. The molecule has 0 rings (SSSR count). The van der Waals surface area contributed by atoms with Crippen LogP contribution in [0.15, 0.2) is 0 Å². The molecule has 0 aliphatic heterocycles. The maximum Gasteiger partial charge on any atom is 0.471 e. The lowest BCUT2D eigenvalue weighted by Gasteiger charge is -2.15. The third kappa shape index (κ3) is 22.3. The molecule has 0 spiro atoms. The number of hydrogen-bond acceptors (Lipinski definition) is 4. The van der Waals surface area contributed by atoms with Crippen LogP contribution < -0.4 is 5.32 Å². The summed E-state index contributed by atoms with van der Waals surface area (Å²) in [7, 11) is 0. The Balaban J connectivity index is 0. The minimum absolute atomic E-state index is 0.0312. The van der Waals surface area contributed by atoms with Crippen molar-refractivity contribution in [1.82, 2.24) is 5.32 Å². The summed E-state index contributed by atoms with van der Waals surface area (Å²) < 4.78 is 36.4. The minimum atomic E-state index is -5.06. The molecule has 0 aromatic carbocycles. The Morgan fingerprint density at radius 1 is 0.903 bits per heavy atom. The second-order valence-corrected chi connectivity index (χ2v) is 8.61. The van der Waals surface area contributed by atoms with E-state index in [1.807, 2.05) is 0 Å². The van der Waals surface area contributed by atoms with Gasteiger partial charge in [0.25, 0.3) is 0 Å². The molecule has 1 unspecified atom stereocenters. The van der Waals surface area contributed by atoms with Crippen molar-refractivity contribution in [3.8, 4) is 0 Å². The number of nitrogens with one attached hydrogen (secondary N) is 1. The van der Waals surface area contributed by atoms with Gasteiger partial charge < -0.3 is 10.4 Å². The molecule has 0 aliphatic carbocycles.